The van der Waals surface area contributed by atoms with Gasteiger partial charge >= 0.3 is 12.0 Å². The number of carbonyl (C=O) groups is 2. The average Bonchev–Trinajstić information content (AvgIpc) is 2.84. The standard InChI is InChI=1S/C15H28N2O3/c1-4-15(7-5-6-8-15)10-16-14(20)17-12(11(2)3)9-13(18)19/h11-12H,4-10H2,1-3H3,(H,18,19)(H2,16,17,20). The summed E-state index contributed by atoms with van der Waals surface area (Å²) < 4.78 is 0. The number of aliphatic carboxylic acids is 1. The zero-order valence-corrected chi connectivity index (χ0v) is 12.9. The lowest BCUT2D eigenvalue weighted by Gasteiger charge is -2.28. The summed E-state index contributed by atoms with van der Waals surface area (Å²) in [6.45, 7) is 6.69. The Bertz CT molecular complexity index is 336. The van der Waals surface area contributed by atoms with Crippen LogP contribution < -0.4 is 10.6 Å². The topological polar surface area (TPSA) is 78.4 Å². The zero-order chi connectivity index (χ0) is 15.2. The highest BCUT2D eigenvalue weighted by Crippen LogP contribution is 2.40. The summed E-state index contributed by atoms with van der Waals surface area (Å²) in [5.74, 6) is -0.784. The lowest BCUT2D eigenvalue weighted by atomic mass is 9.83. The van der Waals surface area contributed by atoms with Crippen LogP contribution in [0.15, 0.2) is 0 Å². The second-order valence-corrected chi connectivity index (χ2v) is 6.34. The van der Waals surface area contributed by atoms with Crippen LogP contribution in [0, 0.1) is 11.3 Å². The summed E-state index contributed by atoms with van der Waals surface area (Å²) in [5, 5.41) is 14.6. The predicted molar refractivity (Wildman–Crippen MR) is 78.6 cm³/mol. The van der Waals surface area contributed by atoms with Crippen molar-refractivity contribution < 1.29 is 14.7 Å². The van der Waals surface area contributed by atoms with Crippen molar-refractivity contribution in [2.24, 2.45) is 11.3 Å². The van der Waals surface area contributed by atoms with Crippen molar-refractivity contribution in [3.63, 3.8) is 0 Å². The van der Waals surface area contributed by atoms with Gasteiger partial charge in [-0.15, -0.1) is 0 Å². The molecule has 0 aromatic rings. The molecule has 0 spiro atoms. The van der Waals surface area contributed by atoms with Crippen molar-refractivity contribution in [1.29, 1.82) is 0 Å². The number of hydrogen-bond acceptors (Lipinski definition) is 2. The van der Waals surface area contributed by atoms with E-state index in [1.165, 1.54) is 25.7 Å². The Morgan fingerprint density at radius 3 is 2.30 bits per heavy atom. The summed E-state index contributed by atoms with van der Waals surface area (Å²) in [5.41, 5.74) is 0.247. The smallest absolute Gasteiger partial charge is 0.315 e. The van der Waals surface area contributed by atoms with Crippen molar-refractivity contribution >= 4 is 12.0 Å². The number of carboxylic acids is 1. The largest absolute Gasteiger partial charge is 0.481 e. The van der Waals surface area contributed by atoms with E-state index in [9.17, 15) is 9.59 Å². The van der Waals surface area contributed by atoms with Crippen LogP contribution in [0.3, 0.4) is 0 Å². The molecule has 0 saturated heterocycles. The van der Waals surface area contributed by atoms with E-state index in [2.05, 4.69) is 17.6 Å². The highest BCUT2D eigenvalue weighted by molar-refractivity contribution is 5.75. The van der Waals surface area contributed by atoms with Crippen LogP contribution in [0.2, 0.25) is 0 Å². The first-order chi connectivity index (χ1) is 9.38. The van der Waals surface area contributed by atoms with Crippen LogP contribution in [-0.2, 0) is 4.79 Å². The van der Waals surface area contributed by atoms with Gasteiger partial charge in [0.05, 0.1) is 6.42 Å². The van der Waals surface area contributed by atoms with Crippen molar-refractivity contribution in [2.75, 3.05) is 6.54 Å². The number of amides is 2. The minimum Gasteiger partial charge on any atom is -0.481 e. The molecule has 0 radical (unpaired) electrons. The van der Waals surface area contributed by atoms with Crippen LogP contribution in [-0.4, -0.2) is 29.7 Å². The Morgan fingerprint density at radius 1 is 1.25 bits per heavy atom. The molecule has 1 unspecified atom stereocenters. The average molecular weight is 284 g/mol. The molecule has 5 heteroatoms. The van der Waals surface area contributed by atoms with E-state index in [1.807, 2.05) is 13.8 Å². The Kier molecular flexibility index (Phi) is 6.30. The maximum Gasteiger partial charge on any atom is 0.315 e. The van der Waals surface area contributed by atoms with Gasteiger partial charge in [0, 0.05) is 12.6 Å². The number of urea groups is 1. The molecule has 20 heavy (non-hydrogen) atoms. The molecule has 0 heterocycles. The normalized spacial score (nSPS) is 18.8. The quantitative estimate of drug-likeness (QED) is 0.672. The lowest BCUT2D eigenvalue weighted by Crippen LogP contribution is -2.48. The molecule has 0 bridgehead atoms. The molecule has 1 atom stereocenters. The predicted octanol–water partition coefficient (Wildman–Crippen LogP) is 2.76. The number of carboxylic acid groups (broad SMARTS) is 1. The molecule has 116 valence electrons. The summed E-state index contributed by atoms with van der Waals surface area (Å²) in [4.78, 5) is 22.7. The van der Waals surface area contributed by atoms with Gasteiger partial charge < -0.3 is 15.7 Å². The first kappa shape index (κ1) is 16.8. The van der Waals surface area contributed by atoms with E-state index < -0.39 is 5.97 Å². The van der Waals surface area contributed by atoms with E-state index in [0.29, 0.717) is 6.54 Å². The molecule has 1 aliphatic rings. The molecule has 1 aliphatic carbocycles. The Labute approximate surface area is 121 Å². The molecule has 1 rings (SSSR count). The molecule has 0 aromatic heterocycles. The lowest BCUT2D eigenvalue weighted by molar-refractivity contribution is -0.137. The Balaban J connectivity index is 2.43. The Morgan fingerprint density at radius 2 is 1.85 bits per heavy atom. The van der Waals surface area contributed by atoms with Gasteiger partial charge in [0.15, 0.2) is 0 Å². The third-order valence-corrected chi connectivity index (χ3v) is 4.55. The van der Waals surface area contributed by atoms with Crippen molar-refractivity contribution in [3.8, 4) is 0 Å². The van der Waals surface area contributed by atoms with E-state index in [0.717, 1.165) is 6.42 Å². The van der Waals surface area contributed by atoms with Gasteiger partial charge in [0.2, 0.25) is 0 Å². The van der Waals surface area contributed by atoms with Crippen LogP contribution in [0.25, 0.3) is 0 Å². The fourth-order valence-corrected chi connectivity index (χ4v) is 2.91. The van der Waals surface area contributed by atoms with Gasteiger partial charge in [-0.05, 0) is 30.6 Å². The monoisotopic (exact) mass is 284 g/mol. The van der Waals surface area contributed by atoms with Gasteiger partial charge in [0.25, 0.3) is 0 Å². The summed E-state index contributed by atoms with van der Waals surface area (Å²) in [7, 11) is 0. The van der Waals surface area contributed by atoms with E-state index in [1.54, 1.807) is 0 Å². The molecule has 0 aliphatic heterocycles. The summed E-state index contributed by atoms with van der Waals surface area (Å²) >= 11 is 0. The molecular weight excluding hydrogens is 256 g/mol. The van der Waals surface area contributed by atoms with E-state index in [-0.39, 0.29) is 29.8 Å². The van der Waals surface area contributed by atoms with Gasteiger partial charge in [0.1, 0.15) is 0 Å². The minimum atomic E-state index is -0.884. The van der Waals surface area contributed by atoms with Crippen LogP contribution >= 0.6 is 0 Å². The van der Waals surface area contributed by atoms with Crippen LogP contribution in [0.1, 0.15) is 59.3 Å². The van der Waals surface area contributed by atoms with Crippen molar-refractivity contribution in [2.45, 2.75) is 65.3 Å². The summed E-state index contributed by atoms with van der Waals surface area (Å²) in [6.07, 6.45) is 5.87. The first-order valence-electron chi connectivity index (χ1n) is 7.65. The highest BCUT2D eigenvalue weighted by Gasteiger charge is 2.32. The maximum absolute atomic E-state index is 11.9. The zero-order valence-electron chi connectivity index (χ0n) is 12.9. The van der Waals surface area contributed by atoms with Gasteiger partial charge in [-0.3, -0.25) is 4.79 Å². The SMILES string of the molecule is CCC1(CNC(=O)NC(CC(=O)O)C(C)C)CCCC1. The van der Waals surface area contributed by atoms with Gasteiger partial charge in [-0.1, -0.05) is 33.6 Å². The van der Waals surface area contributed by atoms with Gasteiger partial charge in [-0.25, -0.2) is 4.79 Å². The van der Waals surface area contributed by atoms with E-state index in [4.69, 9.17) is 5.11 Å². The maximum atomic E-state index is 11.9. The van der Waals surface area contributed by atoms with Crippen molar-refractivity contribution in [3.05, 3.63) is 0 Å². The number of rotatable bonds is 7. The van der Waals surface area contributed by atoms with Gasteiger partial charge in [-0.2, -0.15) is 0 Å². The molecule has 2 amide bonds. The second-order valence-electron chi connectivity index (χ2n) is 6.34. The third kappa shape index (κ3) is 5.02. The number of carbonyl (C=O) groups excluding carboxylic acids is 1. The number of nitrogens with one attached hydrogen (secondary N) is 2. The highest BCUT2D eigenvalue weighted by atomic mass is 16.4. The van der Waals surface area contributed by atoms with E-state index >= 15 is 0 Å². The Hall–Kier alpha value is -1.26. The molecule has 5 nitrogen and oxygen atoms in total. The molecule has 1 saturated carbocycles. The fourth-order valence-electron chi connectivity index (χ4n) is 2.91. The van der Waals surface area contributed by atoms with Crippen LogP contribution in [0.5, 0.6) is 0 Å². The number of hydrogen-bond donors (Lipinski definition) is 3. The molecular formula is C15H28N2O3. The minimum absolute atomic E-state index is 0.0377. The van der Waals surface area contributed by atoms with Crippen LogP contribution in [0.4, 0.5) is 4.79 Å². The molecule has 3 N–H and O–H groups in total. The second kappa shape index (κ2) is 7.50. The molecule has 0 aromatic carbocycles. The third-order valence-electron chi connectivity index (χ3n) is 4.55. The fraction of sp³-hybridized carbons (Fsp3) is 0.867. The first-order valence-corrected chi connectivity index (χ1v) is 7.65. The van der Waals surface area contributed by atoms with Crippen molar-refractivity contribution in [1.82, 2.24) is 10.6 Å². The molecule has 1 fully saturated rings. The summed E-state index contributed by atoms with van der Waals surface area (Å²) in [6, 6.07) is -0.571.